The second-order valence-electron chi connectivity index (χ2n) is 8.35. The monoisotopic (exact) mass is 456 g/mol. The molecule has 0 aliphatic carbocycles. The third-order valence-electron chi connectivity index (χ3n) is 5.95. The van der Waals surface area contributed by atoms with Gasteiger partial charge in [0, 0.05) is 38.3 Å². The van der Waals surface area contributed by atoms with Gasteiger partial charge in [-0.15, -0.1) is 0 Å². The van der Waals surface area contributed by atoms with E-state index in [1.807, 2.05) is 0 Å². The number of rotatable bonds is 8. The van der Waals surface area contributed by atoms with Gasteiger partial charge in [0.25, 0.3) is 11.6 Å². The maximum atomic E-state index is 13.4. The number of benzene rings is 2. The zero-order valence-corrected chi connectivity index (χ0v) is 18.9. The number of piperidine rings is 1. The Morgan fingerprint density at radius 2 is 1.85 bits per heavy atom. The maximum absolute atomic E-state index is 13.4. The first kappa shape index (κ1) is 24.2. The van der Waals surface area contributed by atoms with Crippen LogP contribution in [0, 0.1) is 21.8 Å². The molecule has 2 amide bonds. The van der Waals surface area contributed by atoms with Crippen molar-refractivity contribution in [2.24, 2.45) is 5.92 Å². The summed E-state index contributed by atoms with van der Waals surface area (Å²) in [6.07, 6.45) is 1.96. The summed E-state index contributed by atoms with van der Waals surface area (Å²) in [6.45, 7) is 5.76. The number of hydrogen-bond acceptors (Lipinski definition) is 5. The Bertz CT molecular complexity index is 1000. The number of carbonyl (C=O) groups is 2. The Labute approximate surface area is 192 Å². The van der Waals surface area contributed by atoms with Crippen LogP contribution in [0.3, 0.4) is 0 Å². The van der Waals surface area contributed by atoms with E-state index in [-0.39, 0.29) is 42.6 Å². The van der Waals surface area contributed by atoms with Crippen molar-refractivity contribution in [3.8, 4) is 0 Å². The normalized spacial score (nSPS) is 14.1. The van der Waals surface area contributed by atoms with Crippen molar-refractivity contribution in [1.82, 2.24) is 10.2 Å². The van der Waals surface area contributed by atoms with Crippen molar-refractivity contribution in [3.63, 3.8) is 0 Å². The molecule has 1 fully saturated rings. The van der Waals surface area contributed by atoms with E-state index in [1.165, 1.54) is 29.2 Å². The van der Waals surface area contributed by atoms with Crippen LogP contribution in [0.2, 0.25) is 0 Å². The molecule has 9 heteroatoms. The highest BCUT2D eigenvalue weighted by Crippen LogP contribution is 2.30. The highest BCUT2D eigenvalue weighted by molar-refractivity contribution is 6.02. The summed E-state index contributed by atoms with van der Waals surface area (Å²) >= 11 is 0. The average molecular weight is 457 g/mol. The van der Waals surface area contributed by atoms with Crippen LogP contribution in [0.1, 0.15) is 42.6 Å². The molecule has 0 bridgehead atoms. The highest BCUT2D eigenvalue weighted by atomic mass is 19.1. The molecule has 0 unspecified atom stereocenters. The molecule has 1 aliphatic heterocycles. The topological polar surface area (TPSA) is 95.8 Å². The molecule has 0 saturated carbocycles. The lowest BCUT2D eigenvalue weighted by Gasteiger charge is -2.34. The van der Waals surface area contributed by atoms with Gasteiger partial charge in [-0.05, 0) is 49.4 Å². The Kier molecular flexibility index (Phi) is 7.97. The molecule has 2 aromatic rings. The van der Waals surface area contributed by atoms with Crippen LogP contribution < -0.4 is 10.2 Å². The lowest BCUT2D eigenvalue weighted by Crippen LogP contribution is -2.41. The molecule has 0 radical (unpaired) electrons. The van der Waals surface area contributed by atoms with Gasteiger partial charge in [-0.3, -0.25) is 19.7 Å². The Hall–Kier alpha value is -3.49. The van der Waals surface area contributed by atoms with Crippen LogP contribution in [0.5, 0.6) is 0 Å². The molecular weight excluding hydrogens is 427 g/mol. The molecule has 1 N–H and O–H groups in total. The lowest BCUT2D eigenvalue weighted by atomic mass is 9.97. The number of hydrogen-bond donors (Lipinski definition) is 1. The van der Waals surface area contributed by atoms with Crippen molar-refractivity contribution >= 4 is 23.2 Å². The molecule has 0 spiro atoms. The number of nitrogens with one attached hydrogen (secondary N) is 1. The maximum Gasteiger partial charge on any atom is 0.270 e. The van der Waals surface area contributed by atoms with Crippen LogP contribution >= 0.6 is 0 Å². The van der Waals surface area contributed by atoms with E-state index in [9.17, 15) is 24.1 Å². The summed E-state index contributed by atoms with van der Waals surface area (Å²) in [5, 5.41) is 14.1. The van der Waals surface area contributed by atoms with E-state index in [2.05, 4.69) is 17.1 Å². The Balaban J connectivity index is 1.75. The third kappa shape index (κ3) is 6.27. The number of nitrogens with zero attached hydrogens (tertiary/aromatic N) is 3. The van der Waals surface area contributed by atoms with Gasteiger partial charge in [0.2, 0.25) is 5.91 Å². The van der Waals surface area contributed by atoms with Crippen LogP contribution in [0.25, 0.3) is 0 Å². The van der Waals surface area contributed by atoms with Gasteiger partial charge in [-0.1, -0.05) is 19.1 Å². The fraction of sp³-hybridized carbons (Fsp3) is 0.417. The number of carbonyl (C=O) groups excluding carboxylic acids is 2. The molecular formula is C24H29FN4O4. The van der Waals surface area contributed by atoms with Gasteiger partial charge in [0.15, 0.2) is 0 Å². The minimum Gasteiger partial charge on any atom is -0.371 e. The molecule has 2 aromatic carbocycles. The van der Waals surface area contributed by atoms with E-state index in [0.29, 0.717) is 11.6 Å². The number of nitro groups is 1. The number of anilines is 1. The average Bonchev–Trinajstić information content (AvgIpc) is 2.82. The van der Waals surface area contributed by atoms with Gasteiger partial charge >= 0.3 is 0 Å². The summed E-state index contributed by atoms with van der Waals surface area (Å²) < 4.78 is 13.0. The first-order chi connectivity index (χ1) is 15.8. The number of non-ortho nitro benzene ring substituents is 1. The van der Waals surface area contributed by atoms with Crippen molar-refractivity contribution in [2.75, 3.05) is 31.1 Å². The molecule has 0 aromatic heterocycles. The van der Waals surface area contributed by atoms with Gasteiger partial charge in [-0.25, -0.2) is 4.39 Å². The predicted octanol–water partition coefficient (Wildman–Crippen LogP) is 3.75. The zero-order chi connectivity index (χ0) is 24.0. The molecule has 176 valence electrons. The van der Waals surface area contributed by atoms with E-state index < -0.39 is 10.8 Å². The quantitative estimate of drug-likeness (QED) is 0.482. The Morgan fingerprint density at radius 3 is 2.45 bits per heavy atom. The van der Waals surface area contributed by atoms with Crippen molar-refractivity contribution in [2.45, 2.75) is 33.2 Å². The minimum atomic E-state index is -0.523. The fourth-order valence-electron chi connectivity index (χ4n) is 3.86. The SMILES string of the molecule is CCN(CC(=O)NCc1ccc(F)cc1)C(=O)c1cc([N+](=O)[O-])ccc1N1CCC(C)CC1. The number of likely N-dealkylation sites (N-methyl/N-ethyl adjacent to an activating group) is 1. The molecule has 1 saturated heterocycles. The van der Waals surface area contributed by atoms with Crippen molar-refractivity contribution < 1.29 is 18.9 Å². The first-order valence-electron chi connectivity index (χ1n) is 11.1. The largest absolute Gasteiger partial charge is 0.371 e. The van der Waals surface area contributed by atoms with Crippen LogP contribution in [0.4, 0.5) is 15.8 Å². The fourth-order valence-corrected chi connectivity index (χ4v) is 3.86. The van der Waals surface area contributed by atoms with E-state index >= 15 is 0 Å². The summed E-state index contributed by atoms with van der Waals surface area (Å²) in [6, 6.07) is 10.1. The number of nitro benzene ring substituents is 1. The zero-order valence-electron chi connectivity index (χ0n) is 18.9. The number of amides is 2. The Morgan fingerprint density at radius 1 is 1.18 bits per heavy atom. The van der Waals surface area contributed by atoms with Crippen molar-refractivity contribution in [1.29, 1.82) is 0 Å². The number of halogens is 1. The molecule has 1 aliphatic rings. The van der Waals surface area contributed by atoms with Gasteiger partial charge in [0.05, 0.1) is 22.7 Å². The highest BCUT2D eigenvalue weighted by Gasteiger charge is 2.26. The summed E-state index contributed by atoms with van der Waals surface area (Å²) in [5.74, 6) is -0.556. The van der Waals surface area contributed by atoms with Crippen LogP contribution in [-0.4, -0.2) is 47.8 Å². The predicted molar refractivity (Wildman–Crippen MR) is 124 cm³/mol. The summed E-state index contributed by atoms with van der Waals surface area (Å²) in [4.78, 5) is 40.1. The van der Waals surface area contributed by atoms with E-state index in [1.54, 1.807) is 25.1 Å². The summed E-state index contributed by atoms with van der Waals surface area (Å²) in [7, 11) is 0. The molecule has 8 nitrogen and oxygen atoms in total. The minimum absolute atomic E-state index is 0.163. The van der Waals surface area contributed by atoms with Crippen molar-refractivity contribution in [3.05, 3.63) is 69.5 Å². The first-order valence-corrected chi connectivity index (χ1v) is 11.1. The molecule has 1 heterocycles. The summed E-state index contributed by atoms with van der Waals surface area (Å²) in [5.41, 5.74) is 1.46. The second kappa shape index (κ2) is 10.9. The van der Waals surface area contributed by atoms with E-state index in [0.717, 1.165) is 31.5 Å². The van der Waals surface area contributed by atoms with Gasteiger partial charge in [-0.2, -0.15) is 0 Å². The standard InChI is InChI=1S/C24H29FN4O4/c1-3-27(16-23(30)26-15-18-4-6-19(25)7-5-18)24(31)21-14-20(29(32)33)8-9-22(21)28-12-10-17(2)11-13-28/h4-9,14,17H,3,10-13,15-16H2,1-2H3,(H,26,30). The van der Waals surface area contributed by atoms with Gasteiger partial charge < -0.3 is 15.1 Å². The smallest absolute Gasteiger partial charge is 0.270 e. The molecule has 33 heavy (non-hydrogen) atoms. The molecule has 3 rings (SSSR count). The van der Waals surface area contributed by atoms with Crippen LogP contribution in [-0.2, 0) is 11.3 Å². The second-order valence-corrected chi connectivity index (χ2v) is 8.35. The van der Waals surface area contributed by atoms with Crippen LogP contribution in [0.15, 0.2) is 42.5 Å². The van der Waals surface area contributed by atoms with Gasteiger partial charge in [0.1, 0.15) is 5.82 Å². The van der Waals surface area contributed by atoms with E-state index in [4.69, 9.17) is 0 Å². The lowest BCUT2D eigenvalue weighted by molar-refractivity contribution is -0.384. The third-order valence-corrected chi connectivity index (χ3v) is 5.95. The molecule has 0 atom stereocenters.